The molecule has 0 saturated carbocycles. The van der Waals surface area contributed by atoms with E-state index >= 15 is 0 Å². The molecule has 3 rings (SSSR count). The topological polar surface area (TPSA) is 58.0 Å². The highest BCUT2D eigenvalue weighted by atomic mass is 15.2. The molecule has 21 heavy (non-hydrogen) atoms. The molecule has 2 aromatic heterocycles. The average Bonchev–Trinajstić information content (AvgIpc) is 2.97. The van der Waals surface area contributed by atoms with Gasteiger partial charge < -0.3 is 9.80 Å². The number of aryl methyl sites for hydroxylation is 1. The molecule has 3 heterocycles. The van der Waals surface area contributed by atoms with Gasteiger partial charge in [0.15, 0.2) is 5.82 Å². The fourth-order valence-corrected chi connectivity index (χ4v) is 2.74. The van der Waals surface area contributed by atoms with Crippen molar-refractivity contribution in [1.82, 2.24) is 19.9 Å². The van der Waals surface area contributed by atoms with Crippen molar-refractivity contribution in [2.45, 2.75) is 25.8 Å². The fourth-order valence-electron chi connectivity index (χ4n) is 2.74. The Morgan fingerprint density at radius 3 is 2.67 bits per heavy atom. The van der Waals surface area contributed by atoms with Gasteiger partial charge in [-0.2, -0.15) is 0 Å². The molecule has 0 amide bonds. The SMILES string of the molecule is Cc1cc(N(C)C)nc(C2CCCN2c2cncnc2)n1. The lowest BCUT2D eigenvalue weighted by molar-refractivity contribution is 0.659. The molecule has 1 aliphatic heterocycles. The smallest absolute Gasteiger partial charge is 0.153 e. The molecule has 1 atom stereocenters. The van der Waals surface area contributed by atoms with E-state index in [4.69, 9.17) is 4.98 Å². The largest absolute Gasteiger partial charge is 0.363 e. The van der Waals surface area contributed by atoms with Crippen molar-refractivity contribution in [1.29, 1.82) is 0 Å². The Kier molecular flexibility index (Phi) is 3.68. The van der Waals surface area contributed by atoms with Crippen molar-refractivity contribution in [2.24, 2.45) is 0 Å². The van der Waals surface area contributed by atoms with Gasteiger partial charge in [-0.25, -0.2) is 19.9 Å². The van der Waals surface area contributed by atoms with Crippen LogP contribution in [0.2, 0.25) is 0 Å². The Balaban J connectivity index is 1.95. The summed E-state index contributed by atoms with van der Waals surface area (Å²) >= 11 is 0. The van der Waals surface area contributed by atoms with Gasteiger partial charge in [0.25, 0.3) is 0 Å². The van der Waals surface area contributed by atoms with E-state index in [0.717, 1.165) is 42.4 Å². The Morgan fingerprint density at radius 1 is 1.19 bits per heavy atom. The molecule has 1 fully saturated rings. The van der Waals surface area contributed by atoms with E-state index in [1.54, 1.807) is 6.33 Å². The van der Waals surface area contributed by atoms with Crippen LogP contribution in [0.25, 0.3) is 0 Å². The molecule has 2 aromatic rings. The van der Waals surface area contributed by atoms with Crippen molar-refractivity contribution in [2.75, 3.05) is 30.4 Å². The van der Waals surface area contributed by atoms with Gasteiger partial charge in [0.2, 0.25) is 0 Å². The summed E-state index contributed by atoms with van der Waals surface area (Å²) in [6.45, 7) is 3.01. The van der Waals surface area contributed by atoms with E-state index in [1.807, 2.05) is 44.4 Å². The Hall–Kier alpha value is -2.24. The second-order valence-electron chi connectivity index (χ2n) is 5.57. The first kappa shape index (κ1) is 13.7. The second kappa shape index (κ2) is 5.63. The van der Waals surface area contributed by atoms with Crippen LogP contribution in [0, 0.1) is 6.92 Å². The summed E-state index contributed by atoms with van der Waals surface area (Å²) in [5.41, 5.74) is 2.04. The van der Waals surface area contributed by atoms with Crippen LogP contribution in [0.1, 0.15) is 30.4 Å². The molecular weight excluding hydrogens is 264 g/mol. The van der Waals surface area contributed by atoms with Crippen molar-refractivity contribution >= 4 is 11.5 Å². The van der Waals surface area contributed by atoms with Gasteiger partial charge in [-0.1, -0.05) is 0 Å². The number of rotatable bonds is 3. The molecule has 0 spiro atoms. The van der Waals surface area contributed by atoms with Crippen LogP contribution >= 0.6 is 0 Å². The van der Waals surface area contributed by atoms with Crippen LogP contribution < -0.4 is 9.80 Å². The minimum atomic E-state index is 0.203. The Bertz CT molecular complexity index is 613. The number of anilines is 2. The lowest BCUT2D eigenvalue weighted by atomic mass is 10.2. The zero-order chi connectivity index (χ0) is 14.8. The molecule has 0 aliphatic carbocycles. The lowest BCUT2D eigenvalue weighted by Gasteiger charge is -2.26. The van der Waals surface area contributed by atoms with Gasteiger partial charge >= 0.3 is 0 Å². The molecule has 0 aromatic carbocycles. The number of hydrogen-bond acceptors (Lipinski definition) is 6. The van der Waals surface area contributed by atoms with Gasteiger partial charge in [0.05, 0.1) is 24.1 Å². The maximum Gasteiger partial charge on any atom is 0.153 e. The monoisotopic (exact) mass is 284 g/mol. The van der Waals surface area contributed by atoms with Gasteiger partial charge in [-0.05, 0) is 19.8 Å². The zero-order valence-electron chi connectivity index (χ0n) is 12.7. The highest BCUT2D eigenvalue weighted by molar-refractivity contribution is 5.46. The molecule has 1 unspecified atom stereocenters. The molecule has 0 N–H and O–H groups in total. The van der Waals surface area contributed by atoms with Crippen LogP contribution in [0.3, 0.4) is 0 Å². The van der Waals surface area contributed by atoms with Crippen LogP contribution in [0.15, 0.2) is 24.8 Å². The summed E-state index contributed by atoms with van der Waals surface area (Å²) in [6.07, 6.45) is 7.46. The Morgan fingerprint density at radius 2 is 1.95 bits per heavy atom. The highest BCUT2D eigenvalue weighted by Crippen LogP contribution is 2.34. The molecule has 1 saturated heterocycles. The predicted octanol–water partition coefficient (Wildman–Crippen LogP) is 1.98. The maximum atomic E-state index is 4.72. The average molecular weight is 284 g/mol. The van der Waals surface area contributed by atoms with Crippen molar-refractivity contribution in [3.8, 4) is 0 Å². The third-order valence-corrected chi connectivity index (χ3v) is 3.75. The highest BCUT2D eigenvalue weighted by Gasteiger charge is 2.29. The van der Waals surface area contributed by atoms with E-state index in [2.05, 4.69) is 19.9 Å². The second-order valence-corrected chi connectivity index (χ2v) is 5.57. The summed E-state index contributed by atoms with van der Waals surface area (Å²) in [4.78, 5) is 21.9. The lowest BCUT2D eigenvalue weighted by Crippen LogP contribution is -2.25. The minimum absolute atomic E-state index is 0.203. The first-order valence-electron chi connectivity index (χ1n) is 7.19. The summed E-state index contributed by atoms with van der Waals surface area (Å²) in [7, 11) is 4.01. The third kappa shape index (κ3) is 2.79. The molecule has 0 bridgehead atoms. The third-order valence-electron chi connectivity index (χ3n) is 3.75. The zero-order valence-corrected chi connectivity index (χ0v) is 12.7. The predicted molar refractivity (Wildman–Crippen MR) is 82.4 cm³/mol. The number of aromatic nitrogens is 4. The minimum Gasteiger partial charge on any atom is -0.363 e. The normalized spacial score (nSPS) is 18.0. The maximum absolute atomic E-state index is 4.72. The van der Waals surface area contributed by atoms with E-state index in [9.17, 15) is 0 Å². The molecule has 1 aliphatic rings. The first-order valence-corrected chi connectivity index (χ1v) is 7.19. The quantitative estimate of drug-likeness (QED) is 0.859. The van der Waals surface area contributed by atoms with Crippen LogP contribution in [0.5, 0.6) is 0 Å². The summed E-state index contributed by atoms with van der Waals surface area (Å²) in [6, 6.07) is 2.21. The molecule has 0 radical (unpaired) electrons. The number of nitrogens with zero attached hydrogens (tertiary/aromatic N) is 6. The summed E-state index contributed by atoms with van der Waals surface area (Å²) < 4.78 is 0. The molecule has 6 heteroatoms. The van der Waals surface area contributed by atoms with Crippen LogP contribution in [0.4, 0.5) is 11.5 Å². The molecular formula is C15H20N6. The first-order chi connectivity index (χ1) is 10.1. The molecule has 6 nitrogen and oxygen atoms in total. The van der Waals surface area contributed by atoms with E-state index in [1.165, 1.54) is 0 Å². The van der Waals surface area contributed by atoms with Gasteiger partial charge in [0.1, 0.15) is 12.1 Å². The van der Waals surface area contributed by atoms with E-state index < -0.39 is 0 Å². The van der Waals surface area contributed by atoms with Crippen molar-refractivity contribution in [3.63, 3.8) is 0 Å². The summed E-state index contributed by atoms with van der Waals surface area (Å²) in [5.74, 6) is 1.84. The fraction of sp³-hybridized carbons (Fsp3) is 0.467. The van der Waals surface area contributed by atoms with E-state index in [0.29, 0.717) is 0 Å². The van der Waals surface area contributed by atoms with Gasteiger partial charge in [-0.15, -0.1) is 0 Å². The molecule has 110 valence electrons. The van der Waals surface area contributed by atoms with Crippen LogP contribution in [-0.4, -0.2) is 40.6 Å². The Labute approximate surface area is 124 Å². The van der Waals surface area contributed by atoms with Gasteiger partial charge in [-0.3, -0.25) is 0 Å². The van der Waals surface area contributed by atoms with Crippen molar-refractivity contribution < 1.29 is 0 Å². The van der Waals surface area contributed by atoms with Gasteiger partial charge in [0, 0.05) is 32.4 Å². The van der Waals surface area contributed by atoms with Crippen molar-refractivity contribution in [3.05, 3.63) is 36.3 Å². The van der Waals surface area contributed by atoms with E-state index in [-0.39, 0.29) is 6.04 Å². The number of hydrogen-bond donors (Lipinski definition) is 0. The van der Waals surface area contributed by atoms with Crippen LogP contribution in [-0.2, 0) is 0 Å². The summed E-state index contributed by atoms with van der Waals surface area (Å²) in [5, 5.41) is 0. The standard InChI is InChI=1S/C15H20N6/c1-11-7-14(20(2)3)19-15(18-11)13-5-4-6-21(13)12-8-16-10-17-9-12/h7-10,13H,4-6H2,1-3H3.